The van der Waals surface area contributed by atoms with Crippen molar-refractivity contribution in [3.63, 3.8) is 0 Å². The van der Waals surface area contributed by atoms with E-state index in [2.05, 4.69) is 31.4 Å². The Kier molecular flexibility index (Phi) is 6.74. The molecule has 2 heteroatoms. The van der Waals surface area contributed by atoms with Crippen LogP contribution in [-0.4, -0.2) is 6.04 Å². The lowest BCUT2D eigenvalue weighted by molar-refractivity contribution is 0.393. The molecule has 1 aromatic heterocycles. The predicted molar refractivity (Wildman–Crippen MR) is 73.9 cm³/mol. The van der Waals surface area contributed by atoms with Gasteiger partial charge in [0.15, 0.2) is 0 Å². The standard InChI is InChI=1S/C14H25NS/c1-3-12(4-2)11-13(15)7-5-8-14-9-6-10-16-14/h6,9-10,12-13H,3-5,7-8,11,15H2,1-2H3. The first-order chi connectivity index (χ1) is 7.76. The summed E-state index contributed by atoms with van der Waals surface area (Å²) < 4.78 is 0. The molecule has 0 radical (unpaired) electrons. The number of nitrogens with two attached hydrogens (primary N) is 1. The number of thiophene rings is 1. The van der Waals surface area contributed by atoms with Gasteiger partial charge in [-0.2, -0.15) is 0 Å². The molecule has 0 aliphatic heterocycles. The molecule has 0 aromatic carbocycles. The molecule has 0 spiro atoms. The molecular formula is C14H25NS. The van der Waals surface area contributed by atoms with Crippen LogP contribution in [0.3, 0.4) is 0 Å². The molecule has 1 atom stereocenters. The molecule has 92 valence electrons. The molecule has 2 N–H and O–H groups in total. The second-order valence-corrected chi connectivity index (χ2v) is 5.68. The fraction of sp³-hybridized carbons (Fsp3) is 0.714. The van der Waals surface area contributed by atoms with E-state index < -0.39 is 0 Å². The van der Waals surface area contributed by atoms with Gasteiger partial charge in [-0.1, -0.05) is 32.8 Å². The maximum Gasteiger partial charge on any atom is 0.00452 e. The maximum absolute atomic E-state index is 6.17. The minimum atomic E-state index is 0.407. The van der Waals surface area contributed by atoms with Crippen molar-refractivity contribution in [2.24, 2.45) is 11.7 Å². The van der Waals surface area contributed by atoms with Crippen LogP contribution >= 0.6 is 11.3 Å². The second kappa shape index (κ2) is 7.86. The van der Waals surface area contributed by atoms with Crippen molar-refractivity contribution in [3.8, 4) is 0 Å². The Morgan fingerprint density at radius 1 is 1.31 bits per heavy atom. The molecule has 1 aromatic rings. The molecule has 16 heavy (non-hydrogen) atoms. The maximum atomic E-state index is 6.17. The molecule has 0 saturated carbocycles. The van der Waals surface area contributed by atoms with Gasteiger partial charge < -0.3 is 5.73 Å². The fourth-order valence-electron chi connectivity index (χ4n) is 2.16. The zero-order valence-electron chi connectivity index (χ0n) is 10.6. The molecular weight excluding hydrogens is 214 g/mol. The van der Waals surface area contributed by atoms with Crippen LogP contribution in [0.25, 0.3) is 0 Å². The average Bonchev–Trinajstić information content (AvgIpc) is 2.79. The van der Waals surface area contributed by atoms with Crippen LogP contribution in [0.15, 0.2) is 17.5 Å². The van der Waals surface area contributed by atoms with Crippen LogP contribution in [-0.2, 0) is 6.42 Å². The van der Waals surface area contributed by atoms with Crippen molar-refractivity contribution in [2.75, 3.05) is 0 Å². The first kappa shape index (κ1) is 13.7. The van der Waals surface area contributed by atoms with E-state index in [9.17, 15) is 0 Å². The summed E-state index contributed by atoms with van der Waals surface area (Å²) in [5, 5.41) is 2.15. The van der Waals surface area contributed by atoms with E-state index in [4.69, 9.17) is 5.73 Å². The van der Waals surface area contributed by atoms with Gasteiger partial charge in [0, 0.05) is 10.9 Å². The number of hydrogen-bond acceptors (Lipinski definition) is 2. The summed E-state index contributed by atoms with van der Waals surface area (Å²) in [7, 11) is 0. The van der Waals surface area contributed by atoms with Gasteiger partial charge in [-0.25, -0.2) is 0 Å². The van der Waals surface area contributed by atoms with Crippen molar-refractivity contribution in [1.29, 1.82) is 0 Å². The first-order valence-corrected chi connectivity index (χ1v) is 7.42. The lowest BCUT2D eigenvalue weighted by Gasteiger charge is -2.17. The fourth-order valence-corrected chi connectivity index (χ4v) is 2.91. The second-order valence-electron chi connectivity index (χ2n) is 4.65. The van der Waals surface area contributed by atoms with Crippen LogP contribution in [0.5, 0.6) is 0 Å². The van der Waals surface area contributed by atoms with Gasteiger partial charge >= 0.3 is 0 Å². The van der Waals surface area contributed by atoms with Crippen LogP contribution in [0.1, 0.15) is 50.8 Å². The molecule has 0 aliphatic rings. The minimum absolute atomic E-state index is 0.407. The van der Waals surface area contributed by atoms with E-state index in [0.717, 1.165) is 5.92 Å². The summed E-state index contributed by atoms with van der Waals surface area (Å²) in [5.74, 6) is 0.830. The van der Waals surface area contributed by atoms with Crippen molar-refractivity contribution < 1.29 is 0 Å². The van der Waals surface area contributed by atoms with Crippen molar-refractivity contribution in [3.05, 3.63) is 22.4 Å². The zero-order chi connectivity index (χ0) is 11.8. The van der Waals surface area contributed by atoms with Gasteiger partial charge in [0.1, 0.15) is 0 Å². The largest absolute Gasteiger partial charge is 0.328 e. The summed E-state index contributed by atoms with van der Waals surface area (Å²) >= 11 is 1.86. The van der Waals surface area contributed by atoms with Gasteiger partial charge in [-0.3, -0.25) is 0 Å². The van der Waals surface area contributed by atoms with E-state index >= 15 is 0 Å². The van der Waals surface area contributed by atoms with E-state index in [1.54, 1.807) is 0 Å². The molecule has 1 nitrogen and oxygen atoms in total. The highest BCUT2D eigenvalue weighted by atomic mass is 32.1. The van der Waals surface area contributed by atoms with Crippen molar-refractivity contribution in [1.82, 2.24) is 0 Å². The zero-order valence-corrected chi connectivity index (χ0v) is 11.4. The summed E-state index contributed by atoms with van der Waals surface area (Å²) in [5.41, 5.74) is 6.17. The summed E-state index contributed by atoms with van der Waals surface area (Å²) in [6, 6.07) is 4.76. The topological polar surface area (TPSA) is 26.0 Å². The van der Waals surface area contributed by atoms with Gasteiger partial charge in [-0.15, -0.1) is 11.3 Å². The quantitative estimate of drug-likeness (QED) is 0.722. The Morgan fingerprint density at radius 2 is 2.06 bits per heavy atom. The highest BCUT2D eigenvalue weighted by Crippen LogP contribution is 2.18. The summed E-state index contributed by atoms with van der Waals surface area (Å²) in [4.78, 5) is 1.50. The Morgan fingerprint density at radius 3 is 2.62 bits per heavy atom. The molecule has 0 fully saturated rings. The molecule has 0 bridgehead atoms. The molecule has 1 rings (SSSR count). The monoisotopic (exact) mass is 239 g/mol. The molecule has 0 amide bonds. The smallest absolute Gasteiger partial charge is 0.00452 e. The van der Waals surface area contributed by atoms with Gasteiger partial charge in [0.2, 0.25) is 0 Å². The van der Waals surface area contributed by atoms with E-state index in [-0.39, 0.29) is 0 Å². The Bertz CT molecular complexity index is 252. The van der Waals surface area contributed by atoms with Crippen molar-refractivity contribution >= 4 is 11.3 Å². The lowest BCUT2D eigenvalue weighted by atomic mass is 9.93. The molecule has 0 aliphatic carbocycles. The van der Waals surface area contributed by atoms with Crippen LogP contribution in [0, 0.1) is 5.92 Å². The van der Waals surface area contributed by atoms with Gasteiger partial charge in [0.25, 0.3) is 0 Å². The summed E-state index contributed by atoms with van der Waals surface area (Å²) in [6.45, 7) is 4.54. The highest BCUT2D eigenvalue weighted by Gasteiger charge is 2.09. The first-order valence-electron chi connectivity index (χ1n) is 6.54. The minimum Gasteiger partial charge on any atom is -0.328 e. The number of rotatable bonds is 8. The lowest BCUT2D eigenvalue weighted by Crippen LogP contribution is -2.23. The highest BCUT2D eigenvalue weighted by molar-refractivity contribution is 7.09. The van der Waals surface area contributed by atoms with Crippen LogP contribution in [0.4, 0.5) is 0 Å². The predicted octanol–water partition coefficient (Wildman–Crippen LogP) is 4.22. The SMILES string of the molecule is CCC(CC)CC(N)CCCc1cccs1. The third-order valence-electron chi connectivity index (χ3n) is 3.37. The number of aryl methyl sites for hydroxylation is 1. The molecule has 0 saturated heterocycles. The molecule has 1 unspecified atom stereocenters. The van der Waals surface area contributed by atoms with Crippen LogP contribution in [0.2, 0.25) is 0 Å². The van der Waals surface area contributed by atoms with E-state index in [0.29, 0.717) is 6.04 Å². The van der Waals surface area contributed by atoms with E-state index in [1.165, 1.54) is 43.4 Å². The third kappa shape index (κ3) is 5.13. The molecule has 1 heterocycles. The Labute approximate surface area is 104 Å². The Balaban J connectivity index is 2.12. The van der Waals surface area contributed by atoms with E-state index in [1.807, 2.05) is 11.3 Å². The van der Waals surface area contributed by atoms with Gasteiger partial charge in [-0.05, 0) is 43.0 Å². The van der Waals surface area contributed by atoms with Crippen molar-refractivity contribution in [2.45, 2.75) is 58.4 Å². The Hall–Kier alpha value is -0.340. The number of hydrogen-bond donors (Lipinski definition) is 1. The normalized spacial score (nSPS) is 13.2. The average molecular weight is 239 g/mol. The van der Waals surface area contributed by atoms with Gasteiger partial charge in [0.05, 0.1) is 0 Å². The summed E-state index contributed by atoms with van der Waals surface area (Å²) in [6.07, 6.45) is 7.37. The third-order valence-corrected chi connectivity index (χ3v) is 4.31. The van der Waals surface area contributed by atoms with Crippen LogP contribution < -0.4 is 5.73 Å².